The summed E-state index contributed by atoms with van der Waals surface area (Å²) < 4.78 is 0. The molecule has 0 bridgehead atoms. The quantitative estimate of drug-likeness (QED) is 0.439. The lowest BCUT2D eigenvalue weighted by Crippen LogP contribution is -2.31. The molecule has 0 heterocycles. The Bertz CT molecular complexity index is 121. The Labute approximate surface area is 57.2 Å². The second-order valence-electron chi connectivity index (χ2n) is 2.08. The van der Waals surface area contributed by atoms with Crippen LogP contribution in [-0.2, 0) is 0 Å². The van der Waals surface area contributed by atoms with Crippen molar-refractivity contribution in [1.29, 1.82) is 0 Å². The summed E-state index contributed by atoms with van der Waals surface area (Å²) >= 11 is 0. The minimum Gasteiger partial charge on any atom is -0.298 e. The van der Waals surface area contributed by atoms with Crippen LogP contribution >= 0.6 is 0 Å². The van der Waals surface area contributed by atoms with Gasteiger partial charge in [0.2, 0.25) is 0 Å². The van der Waals surface area contributed by atoms with E-state index in [2.05, 4.69) is 17.8 Å². The van der Waals surface area contributed by atoms with Crippen LogP contribution in [0.5, 0.6) is 0 Å². The third-order valence-corrected chi connectivity index (χ3v) is 1.12. The van der Waals surface area contributed by atoms with Gasteiger partial charge in [-0.25, -0.2) is 0 Å². The number of hydrogen-bond donors (Lipinski definition) is 1. The van der Waals surface area contributed by atoms with Crippen LogP contribution in [0.4, 0.5) is 0 Å². The van der Waals surface area contributed by atoms with Crippen LogP contribution in [0.3, 0.4) is 0 Å². The van der Waals surface area contributed by atoms with Crippen LogP contribution in [-0.4, -0.2) is 12.1 Å². The Morgan fingerprint density at radius 3 is 2.56 bits per heavy atom. The lowest BCUT2D eigenvalue weighted by Gasteiger charge is -2.10. The predicted molar refractivity (Wildman–Crippen MR) is 41.1 cm³/mol. The molecule has 0 saturated carbocycles. The van der Waals surface area contributed by atoms with Gasteiger partial charge in [-0.05, 0) is 13.8 Å². The van der Waals surface area contributed by atoms with Gasteiger partial charge < -0.3 is 0 Å². The number of nitrogens with one attached hydrogen (secondary N) is 1. The maximum atomic E-state index is 5.13. The number of terminal acetylenes is 1. The minimum atomic E-state index is 0.137. The highest BCUT2D eigenvalue weighted by atomic mass is 14.9. The van der Waals surface area contributed by atoms with Crippen molar-refractivity contribution in [2.24, 2.45) is 0 Å². The van der Waals surface area contributed by atoms with Gasteiger partial charge >= 0.3 is 0 Å². The summed E-state index contributed by atoms with van der Waals surface area (Å²) in [5, 5.41) is 3.12. The third-order valence-electron chi connectivity index (χ3n) is 1.12. The second-order valence-corrected chi connectivity index (χ2v) is 2.08. The third kappa shape index (κ3) is 3.81. The zero-order valence-electron chi connectivity index (χ0n) is 6.02. The Kier molecular flexibility index (Phi) is 3.83. The van der Waals surface area contributed by atoms with Crippen molar-refractivity contribution >= 4 is 0 Å². The van der Waals surface area contributed by atoms with Crippen molar-refractivity contribution in [2.45, 2.75) is 25.9 Å². The van der Waals surface area contributed by atoms with Crippen LogP contribution in [0, 0.1) is 12.3 Å². The smallest absolute Gasteiger partial charge is 0.0662 e. The molecule has 0 aliphatic carbocycles. The predicted octanol–water partition coefficient (Wildman–Crippen LogP) is 1.17. The van der Waals surface area contributed by atoms with Crippen LogP contribution in [0.1, 0.15) is 13.8 Å². The highest BCUT2D eigenvalue weighted by molar-refractivity contribution is 4.98. The first kappa shape index (κ1) is 8.26. The van der Waals surface area contributed by atoms with E-state index >= 15 is 0 Å². The highest BCUT2D eigenvalue weighted by Gasteiger charge is 1.97. The van der Waals surface area contributed by atoms with Crippen LogP contribution in [0.2, 0.25) is 0 Å². The summed E-state index contributed by atoms with van der Waals surface area (Å²) in [5.74, 6) is 2.57. The molecule has 0 aromatic carbocycles. The van der Waals surface area contributed by atoms with Gasteiger partial charge in [-0.3, -0.25) is 5.32 Å². The van der Waals surface area contributed by atoms with Gasteiger partial charge in [0.25, 0.3) is 0 Å². The van der Waals surface area contributed by atoms with Crippen molar-refractivity contribution in [2.75, 3.05) is 0 Å². The molecule has 2 unspecified atom stereocenters. The van der Waals surface area contributed by atoms with E-state index in [1.54, 1.807) is 0 Å². The highest BCUT2D eigenvalue weighted by Crippen LogP contribution is 1.84. The van der Waals surface area contributed by atoms with Gasteiger partial charge in [0.1, 0.15) is 0 Å². The molecule has 0 saturated heterocycles. The van der Waals surface area contributed by atoms with E-state index in [4.69, 9.17) is 6.42 Å². The van der Waals surface area contributed by atoms with Crippen molar-refractivity contribution < 1.29 is 0 Å². The molecule has 1 heteroatoms. The zero-order chi connectivity index (χ0) is 7.28. The largest absolute Gasteiger partial charge is 0.298 e. The first-order valence-corrected chi connectivity index (χ1v) is 3.05. The molecule has 0 amide bonds. The first-order valence-electron chi connectivity index (χ1n) is 3.05. The fourth-order valence-corrected chi connectivity index (χ4v) is 0.510. The average molecular weight is 123 g/mol. The molecular formula is C8H13N. The lowest BCUT2D eigenvalue weighted by molar-refractivity contribution is 0.599. The standard InChI is InChI=1S/C8H13N/c1-5-7(3)9-8(4)6-2/h1,6-9H,2H2,3-4H3. The van der Waals surface area contributed by atoms with E-state index in [1.807, 2.05) is 19.9 Å². The monoisotopic (exact) mass is 123 g/mol. The summed E-state index contributed by atoms with van der Waals surface area (Å²) in [5.41, 5.74) is 0. The average Bonchev–Trinajstić information content (AvgIpc) is 1.87. The topological polar surface area (TPSA) is 12.0 Å². The van der Waals surface area contributed by atoms with Gasteiger partial charge in [-0.1, -0.05) is 12.0 Å². The SMILES string of the molecule is C#CC(C)NC(C)C=C. The molecule has 9 heavy (non-hydrogen) atoms. The van der Waals surface area contributed by atoms with Crippen molar-refractivity contribution in [3.63, 3.8) is 0 Å². The van der Waals surface area contributed by atoms with Gasteiger partial charge in [-0.15, -0.1) is 13.0 Å². The Morgan fingerprint density at radius 2 is 2.22 bits per heavy atom. The van der Waals surface area contributed by atoms with E-state index < -0.39 is 0 Å². The molecule has 0 aliphatic heterocycles. The van der Waals surface area contributed by atoms with Crippen LogP contribution in [0.15, 0.2) is 12.7 Å². The Balaban J connectivity index is 3.49. The molecule has 50 valence electrons. The van der Waals surface area contributed by atoms with Crippen molar-refractivity contribution in [3.05, 3.63) is 12.7 Å². The molecule has 0 radical (unpaired) electrons. The molecule has 0 rings (SSSR count). The zero-order valence-corrected chi connectivity index (χ0v) is 6.02. The van der Waals surface area contributed by atoms with E-state index in [0.717, 1.165) is 0 Å². The van der Waals surface area contributed by atoms with Crippen molar-refractivity contribution in [1.82, 2.24) is 5.32 Å². The minimum absolute atomic E-state index is 0.137. The molecule has 0 fully saturated rings. The molecule has 1 nitrogen and oxygen atoms in total. The van der Waals surface area contributed by atoms with Crippen LogP contribution < -0.4 is 5.32 Å². The molecule has 0 aromatic heterocycles. The fraction of sp³-hybridized carbons (Fsp3) is 0.500. The molecule has 0 aromatic rings. The van der Waals surface area contributed by atoms with E-state index in [1.165, 1.54) is 0 Å². The molecule has 2 atom stereocenters. The van der Waals surface area contributed by atoms with Gasteiger partial charge in [0.15, 0.2) is 0 Å². The second kappa shape index (κ2) is 4.17. The maximum absolute atomic E-state index is 5.13. The Hall–Kier alpha value is -0.740. The van der Waals surface area contributed by atoms with Gasteiger partial charge in [0, 0.05) is 6.04 Å². The maximum Gasteiger partial charge on any atom is 0.0662 e. The first-order chi connectivity index (χ1) is 4.20. The normalized spacial score (nSPS) is 15.7. The van der Waals surface area contributed by atoms with Crippen LogP contribution in [0.25, 0.3) is 0 Å². The van der Waals surface area contributed by atoms with E-state index in [-0.39, 0.29) is 6.04 Å². The summed E-state index contributed by atoms with van der Waals surface area (Å²) in [4.78, 5) is 0. The van der Waals surface area contributed by atoms with Gasteiger partial charge in [0.05, 0.1) is 6.04 Å². The molecule has 0 spiro atoms. The summed E-state index contributed by atoms with van der Waals surface area (Å²) in [6, 6.07) is 0.439. The van der Waals surface area contributed by atoms with Gasteiger partial charge in [-0.2, -0.15) is 0 Å². The lowest BCUT2D eigenvalue weighted by atomic mass is 10.3. The van der Waals surface area contributed by atoms with Crippen molar-refractivity contribution in [3.8, 4) is 12.3 Å². The number of hydrogen-bond acceptors (Lipinski definition) is 1. The fourth-order valence-electron chi connectivity index (χ4n) is 0.510. The molecular weight excluding hydrogens is 110 g/mol. The summed E-state index contributed by atoms with van der Waals surface area (Å²) in [6.45, 7) is 7.58. The summed E-state index contributed by atoms with van der Waals surface area (Å²) in [6.07, 6.45) is 6.96. The Morgan fingerprint density at radius 1 is 1.67 bits per heavy atom. The molecule has 0 aliphatic rings. The van der Waals surface area contributed by atoms with E-state index in [0.29, 0.717) is 6.04 Å². The number of rotatable bonds is 3. The van der Waals surface area contributed by atoms with E-state index in [9.17, 15) is 0 Å². The molecule has 1 N–H and O–H groups in total. The summed E-state index contributed by atoms with van der Waals surface area (Å²) in [7, 11) is 0.